The number of nitrogens with zero attached hydrogens (tertiary/aromatic N) is 1. The zero-order valence-corrected chi connectivity index (χ0v) is 10.7. The summed E-state index contributed by atoms with van der Waals surface area (Å²) in [6.07, 6.45) is -1.09. The number of primary amides is 1. The van der Waals surface area contributed by atoms with Crippen LogP contribution in [0.15, 0.2) is 16.7 Å². The molecule has 6 heteroatoms. The van der Waals surface area contributed by atoms with Gasteiger partial charge in [0.2, 0.25) is 5.91 Å². The second-order valence-corrected chi connectivity index (χ2v) is 5.20. The van der Waals surface area contributed by atoms with Crippen LogP contribution in [0.1, 0.15) is 24.1 Å². The molecule has 0 unspecified atom stereocenters. The molecule has 0 aliphatic heterocycles. The average molecular weight is 305 g/mol. The molecule has 1 heterocycles. The molecule has 0 bridgehead atoms. The SMILES string of the molecule is Cc1ccc(C2(C(N)=O)CC(F)(F)C2)c(Br)n1. The van der Waals surface area contributed by atoms with Crippen LogP contribution in [0, 0.1) is 6.92 Å². The fraction of sp³-hybridized carbons (Fsp3) is 0.455. The largest absolute Gasteiger partial charge is 0.369 e. The molecule has 1 amide bonds. The lowest BCUT2D eigenvalue weighted by Gasteiger charge is -2.45. The van der Waals surface area contributed by atoms with Crippen LogP contribution in [0.3, 0.4) is 0 Å². The van der Waals surface area contributed by atoms with Crippen LogP contribution >= 0.6 is 15.9 Å². The van der Waals surface area contributed by atoms with Crippen LogP contribution in [0.25, 0.3) is 0 Å². The van der Waals surface area contributed by atoms with Gasteiger partial charge >= 0.3 is 0 Å². The number of hydrogen-bond donors (Lipinski definition) is 1. The Bertz CT molecular complexity index is 482. The van der Waals surface area contributed by atoms with E-state index in [-0.39, 0.29) is 0 Å². The Morgan fingerprint density at radius 3 is 2.47 bits per heavy atom. The summed E-state index contributed by atoms with van der Waals surface area (Å²) in [6, 6.07) is 3.31. The summed E-state index contributed by atoms with van der Waals surface area (Å²) in [6.45, 7) is 1.78. The molecule has 0 saturated heterocycles. The molecule has 2 rings (SSSR count). The number of nitrogens with two attached hydrogens (primary N) is 1. The maximum Gasteiger partial charge on any atom is 0.250 e. The molecular formula is C11H11BrF2N2O. The lowest BCUT2D eigenvalue weighted by molar-refractivity contribution is -0.156. The van der Waals surface area contributed by atoms with Gasteiger partial charge < -0.3 is 5.73 Å². The maximum absolute atomic E-state index is 13.0. The van der Waals surface area contributed by atoms with Crippen molar-refractivity contribution in [3.8, 4) is 0 Å². The number of carbonyl (C=O) groups is 1. The molecule has 17 heavy (non-hydrogen) atoms. The normalized spacial score (nSPS) is 20.7. The number of alkyl halides is 2. The summed E-state index contributed by atoms with van der Waals surface area (Å²) < 4.78 is 26.5. The van der Waals surface area contributed by atoms with Crippen molar-refractivity contribution in [1.29, 1.82) is 0 Å². The van der Waals surface area contributed by atoms with Gasteiger partial charge in [-0.3, -0.25) is 4.79 Å². The van der Waals surface area contributed by atoms with E-state index in [0.29, 0.717) is 10.2 Å². The molecule has 2 N–H and O–H groups in total. The Morgan fingerprint density at radius 2 is 2.06 bits per heavy atom. The second kappa shape index (κ2) is 3.73. The van der Waals surface area contributed by atoms with Crippen molar-refractivity contribution < 1.29 is 13.6 Å². The molecule has 1 fully saturated rings. The Kier molecular flexibility index (Phi) is 2.72. The third-order valence-corrected chi connectivity index (χ3v) is 3.70. The highest BCUT2D eigenvalue weighted by Crippen LogP contribution is 2.54. The lowest BCUT2D eigenvalue weighted by Crippen LogP contribution is -2.57. The van der Waals surface area contributed by atoms with Crippen LogP contribution in [0.5, 0.6) is 0 Å². The molecule has 0 aromatic carbocycles. The minimum Gasteiger partial charge on any atom is -0.369 e. The number of rotatable bonds is 2. The summed E-state index contributed by atoms with van der Waals surface area (Å²) in [5.74, 6) is -3.55. The van der Waals surface area contributed by atoms with E-state index in [1.165, 1.54) is 0 Å². The number of pyridine rings is 1. The van der Waals surface area contributed by atoms with Crippen molar-refractivity contribution in [2.75, 3.05) is 0 Å². The van der Waals surface area contributed by atoms with E-state index in [2.05, 4.69) is 20.9 Å². The van der Waals surface area contributed by atoms with E-state index in [9.17, 15) is 13.6 Å². The molecule has 0 spiro atoms. The molecule has 3 nitrogen and oxygen atoms in total. The van der Waals surface area contributed by atoms with Crippen molar-refractivity contribution in [2.24, 2.45) is 5.73 Å². The van der Waals surface area contributed by atoms with E-state index in [0.717, 1.165) is 5.69 Å². The van der Waals surface area contributed by atoms with Gasteiger partial charge in [-0.05, 0) is 28.9 Å². The topological polar surface area (TPSA) is 56.0 Å². The van der Waals surface area contributed by atoms with Crippen LogP contribution in [-0.4, -0.2) is 16.8 Å². The molecule has 1 saturated carbocycles. The van der Waals surface area contributed by atoms with Gasteiger partial charge in [-0.2, -0.15) is 0 Å². The molecule has 1 aliphatic carbocycles. The minimum atomic E-state index is -2.82. The van der Waals surface area contributed by atoms with E-state index < -0.39 is 30.1 Å². The predicted octanol–water partition coefficient (Wildman–Crippen LogP) is 2.30. The number of aromatic nitrogens is 1. The van der Waals surface area contributed by atoms with Gasteiger partial charge in [0.15, 0.2) is 0 Å². The van der Waals surface area contributed by atoms with Gasteiger partial charge in [0.1, 0.15) is 4.60 Å². The first-order chi connectivity index (χ1) is 7.77. The van der Waals surface area contributed by atoms with Gasteiger partial charge in [-0.25, -0.2) is 13.8 Å². The first-order valence-electron chi connectivity index (χ1n) is 5.08. The Morgan fingerprint density at radius 1 is 1.47 bits per heavy atom. The number of amides is 1. The summed E-state index contributed by atoms with van der Waals surface area (Å²) in [4.78, 5) is 15.6. The Labute approximate surface area is 106 Å². The van der Waals surface area contributed by atoms with Crippen molar-refractivity contribution in [2.45, 2.75) is 31.1 Å². The van der Waals surface area contributed by atoms with Crippen molar-refractivity contribution in [3.05, 3.63) is 28.0 Å². The Balaban J connectivity index is 2.46. The Hall–Kier alpha value is -1.04. The van der Waals surface area contributed by atoms with E-state index in [1.54, 1.807) is 19.1 Å². The lowest BCUT2D eigenvalue weighted by atomic mass is 9.62. The van der Waals surface area contributed by atoms with Crippen LogP contribution in [-0.2, 0) is 10.2 Å². The number of aryl methyl sites for hydroxylation is 1. The van der Waals surface area contributed by atoms with Crippen LogP contribution in [0.2, 0.25) is 0 Å². The highest BCUT2D eigenvalue weighted by molar-refractivity contribution is 9.10. The molecule has 0 atom stereocenters. The van der Waals surface area contributed by atoms with Gasteiger partial charge in [0, 0.05) is 24.1 Å². The average Bonchev–Trinajstić information content (AvgIpc) is 2.13. The maximum atomic E-state index is 13.0. The van der Waals surface area contributed by atoms with Gasteiger partial charge in [0.05, 0.1) is 5.41 Å². The third-order valence-electron chi connectivity index (χ3n) is 3.10. The fourth-order valence-electron chi connectivity index (χ4n) is 2.21. The third kappa shape index (κ3) is 1.94. The molecular weight excluding hydrogens is 294 g/mol. The summed E-state index contributed by atoms with van der Waals surface area (Å²) >= 11 is 3.20. The van der Waals surface area contributed by atoms with Gasteiger partial charge in [-0.1, -0.05) is 6.07 Å². The quantitative estimate of drug-likeness (QED) is 0.852. The number of hydrogen-bond acceptors (Lipinski definition) is 2. The molecule has 1 aromatic heterocycles. The molecule has 1 aliphatic rings. The van der Waals surface area contributed by atoms with E-state index in [4.69, 9.17) is 5.73 Å². The highest BCUT2D eigenvalue weighted by atomic mass is 79.9. The second-order valence-electron chi connectivity index (χ2n) is 4.45. The van der Waals surface area contributed by atoms with Crippen LogP contribution < -0.4 is 5.73 Å². The summed E-state index contributed by atoms with van der Waals surface area (Å²) in [7, 11) is 0. The summed E-state index contributed by atoms with van der Waals surface area (Å²) in [5, 5.41) is 0. The fourth-order valence-corrected chi connectivity index (χ4v) is 3.00. The van der Waals surface area contributed by atoms with E-state index >= 15 is 0 Å². The monoisotopic (exact) mass is 304 g/mol. The first-order valence-corrected chi connectivity index (χ1v) is 5.87. The highest BCUT2D eigenvalue weighted by Gasteiger charge is 2.61. The standard InChI is InChI=1S/C11H11BrF2N2O/c1-6-2-3-7(8(12)16-6)10(9(15)17)4-11(13,14)5-10/h2-3H,4-5H2,1H3,(H2,15,17). The summed E-state index contributed by atoms with van der Waals surface area (Å²) in [5.41, 5.74) is 5.17. The molecule has 1 aromatic rings. The predicted molar refractivity (Wildman–Crippen MR) is 61.7 cm³/mol. The van der Waals surface area contributed by atoms with Gasteiger partial charge in [-0.15, -0.1) is 0 Å². The molecule has 0 radical (unpaired) electrons. The van der Waals surface area contributed by atoms with Crippen molar-refractivity contribution >= 4 is 21.8 Å². The number of carbonyl (C=O) groups excluding carboxylic acids is 1. The molecule has 92 valence electrons. The van der Waals surface area contributed by atoms with Crippen molar-refractivity contribution in [1.82, 2.24) is 4.98 Å². The zero-order chi connectivity index (χ0) is 12.8. The van der Waals surface area contributed by atoms with E-state index in [1.807, 2.05) is 0 Å². The van der Waals surface area contributed by atoms with Gasteiger partial charge in [0.25, 0.3) is 5.92 Å². The number of halogens is 3. The minimum absolute atomic E-state index is 0.409. The van der Waals surface area contributed by atoms with Crippen molar-refractivity contribution in [3.63, 3.8) is 0 Å². The first kappa shape index (κ1) is 12.4. The van der Waals surface area contributed by atoms with Crippen LogP contribution in [0.4, 0.5) is 8.78 Å². The smallest absolute Gasteiger partial charge is 0.250 e. The zero-order valence-electron chi connectivity index (χ0n) is 9.14.